The molecule has 0 aliphatic carbocycles. The average molecular weight is 494 g/mol. The number of hydrogen-bond donors (Lipinski definition) is 0. The Morgan fingerprint density at radius 2 is 1.25 bits per heavy atom. The van der Waals surface area contributed by atoms with Gasteiger partial charge in [0.2, 0.25) is 0 Å². The van der Waals surface area contributed by atoms with Crippen LogP contribution in [-0.2, 0) is 0 Å². The Bertz CT molecular complexity index is 520. The second-order valence-corrected chi connectivity index (χ2v) is 7.71. The number of hydrogen-bond acceptors (Lipinski definition) is 0. The lowest BCUT2D eigenvalue weighted by molar-refractivity contribution is -0.732. The van der Waals surface area contributed by atoms with E-state index in [2.05, 4.69) is 117 Å². The summed E-state index contributed by atoms with van der Waals surface area (Å²) in [6.45, 7) is 4.59. The van der Waals surface area contributed by atoms with E-state index in [1.807, 2.05) is 0 Å². The molecule has 2 atom stereocenters. The van der Waals surface area contributed by atoms with Crippen LogP contribution in [-0.4, -0.2) is 0 Å². The predicted octanol–water partition coefficient (Wildman–Crippen LogP) is 4.07. The molecule has 2 nitrogen and oxygen atoms in total. The van der Waals surface area contributed by atoms with Crippen LogP contribution >= 0.6 is 45.2 Å². The molecule has 2 aromatic rings. The summed E-state index contributed by atoms with van der Waals surface area (Å²) < 4.78 is 7.20. The van der Waals surface area contributed by atoms with E-state index >= 15 is 0 Å². The molecule has 2 rings (SSSR count). The summed E-state index contributed by atoms with van der Waals surface area (Å²) in [5.41, 5.74) is 0. The molecule has 0 aromatic carbocycles. The Morgan fingerprint density at radius 1 is 0.850 bits per heavy atom. The number of halogens is 2. The van der Waals surface area contributed by atoms with E-state index in [4.69, 9.17) is 0 Å². The van der Waals surface area contributed by atoms with E-state index in [1.165, 1.54) is 20.0 Å². The minimum atomic E-state index is 0.538. The maximum atomic E-state index is 2.37. The van der Waals surface area contributed by atoms with Gasteiger partial charge in [-0.15, -0.1) is 0 Å². The molecule has 0 spiro atoms. The molecular weight excluding hydrogens is 474 g/mol. The highest BCUT2D eigenvalue weighted by molar-refractivity contribution is 14.1. The number of aromatic nitrogens is 2. The van der Waals surface area contributed by atoms with Crippen molar-refractivity contribution in [3.05, 3.63) is 56.2 Å². The van der Waals surface area contributed by atoms with Gasteiger partial charge < -0.3 is 0 Å². The molecule has 0 aliphatic heterocycles. The lowest BCUT2D eigenvalue weighted by Crippen LogP contribution is -2.40. The van der Waals surface area contributed by atoms with Crippen molar-refractivity contribution in [1.82, 2.24) is 0 Å². The summed E-state index contributed by atoms with van der Waals surface area (Å²) in [5, 5.41) is 0. The summed E-state index contributed by atoms with van der Waals surface area (Å²) in [7, 11) is 0. The minimum Gasteiger partial charge on any atom is -0.202 e. The van der Waals surface area contributed by atoms with Gasteiger partial charge in [0.15, 0.2) is 36.9 Å². The Kier molecular flexibility index (Phi) is 6.20. The van der Waals surface area contributed by atoms with Crippen molar-refractivity contribution < 1.29 is 9.13 Å². The SMILES string of the molecule is C[C@H](CC[C@H](C)[n+]1cccc(I)c1)[n+]1cccc(I)c1. The monoisotopic (exact) mass is 494 g/mol. The maximum Gasteiger partial charge on any atom is 0.182 e. The number of nitrogens with zero attached hydrogens (tertiary/aromatic N) is 2. The van der Waals surface area contributed by atoms with Crippen molar-refractivity contribution in [3.63, 3.8) is 0 Å². The van der Waals surface area contributed by atoms with Crippen molar-refractivity contribution >= 4 is 45.2 Å². The van der Waals surface area contributed by atoms with Gasteiger partial charge in [0.25, 0.3) is 0 Å². The second-order valence-electron chi connectivity index (χ2n) is 5.21. The van der Waals surface area contributed by atoms with Crippen LogP contribution in [0.1, 0.15) is 38.8 Å². The molecule has 0 unspecified atom stereocenters. The van der Waals surface area contributed by atoms with E-state index in [1.54, 1.807) is 0 Å². The van der Waals surface area contributed by atoms with Crippen molar-refractivity contribution in [2.24, 2.45) is 0 Å². The first-order valence-electron chi connectivity index (χ1n) is 6.89. The molecule has 0 radical (unpaired) electrons. The predicted molar refractivity (Wildman–Crippen MR) is 97.4 cm³/mol. The van der Waals surface area contributed by atoms with Gasteiger partial charge >= 0.3 is 0 Å². The van der Waals surface area contributed by atoms with Crippen molar-refractivity contribution in [2.75, 3.05) is 0 Å². The quantitative estimate of drug-likeness (QED) is 0.438. The largest absolute Gasteiger partial charge is 0.202 e. The molecular formula is C16H20I2N2+2. The normalized spacial score (nSPS) is 14.0. The third kappa shape index (κ3) is 4.65. The lowest BCUT2D eigenvalue weighted by Gasteiger charge is -2.10. The first-order chi connectivity index (χ1) is 9.56. The molecule has 0 amide bonds. The summed E-state index contributed by atoms with van der Waals surface area (Å²) in [6, 6.07) is 9.58. The minimum absolute atomic E-state index is 0.538. The number of pyridine rings is 2. The van der Waals surface area contributed by atoms with Crippen LogP contribution in [0.15, 0.2) is 49.1 Å². The van der Waals surface area contributed by atoms with Crippen molar-refractivity contribution in [3.8, 4) is 0 Å². The molecule has 0 saturated carbocycles. The van der Waals surface area contributed by atoms with Gasteiger partial charge in [-0.05, 0) is 71.2 Å². The van der Waals surface area contributed by atoms with Crippen LogP contribution in [0.2, 0.25) is 0 Å². The van der Waals surface area contributed by atoms with Crippen LogP contribution in [0.4, 0.5) is 0 Å². The van der Waals surface area contributed by atoms with E-state index in [0.717, 1.165) is 0 Å². The van der Waals surface area contributed by atoms with E-state index in [9.17, 15) is 0 Å². The highest BCUT2D eigenvalue weighted by Gasteiger charge is 2.18. The maximum absolute atomic E-state index is 2.37. The van der Waals surface area contributed by atoms with Crippen LogP contribution in [0, 0.1) is 7.14 Å². The van der Waals surface area contributed by atoms with Gasteiger partial charge in [-0.2, -0.15) is 0 Å². The smallest absolute Gasteiger partial charge is 0.182 e. The van der Waals surface area contributed by atoms with Crippen LogP contribution in [0.25, 0.3) is 0 Å². The standard InChI is InChI=1S/C16H20I2N2/c1-13(19-9-3-5-15(17)11-19)7-8-14(2)20-10-4-6-16(18)12-20/h3-6,9-14H,7-8H2,1-2H3/q+2/t13-,14+. The van der Waals surface area contributed by atoms with Crippen molar-refractivity contribution in [1.29, 1.82) is 0 Å². The second kappa shape index (κ2) is 7.68. The van der Waals surface area contributed by atoms with Crippen LogP contribution in [0.3, 0.4) is 0 Å². The zero-order chi connectivity index (χ0) is 14.5. The average Bonchev–Trinajstić information content (AvgIpc) is 2.44. The fraction of sp³-hybridized carbons (Fsp3) is 0.375. The van der Waals surface area contributed by atoms with Gasteiger partial charge in [-0.3, -0.25) is 0 Å². The van der Waals surface area contributed by atoms with Gasteiger partial charge in [0, 0.05) is 25.0 Å². The number of rotatable bonds is 5. The fourth-order valence-corrected chi connectivity index (χ4v) is 3.31. The zero-order valence-electron chi connectivity index (χ0n) is 11.8. The molecule has 0 aliphatic rings. The summed E-state index contributed by atoms with van der Waals surface area (Å²) >= 11 is 4.74. The zero-order valence-corrected chi connectivity index (χ0v) is 16.2. The van der Waals surface area contributed by atoms with Crippen molar-refractivity contribution in [2.45, 2.75) is 38.8 Å². The Morgan fingerprint density at radius 3 is 1.60 bits per heavy atom. The first kappa shape index (κ1) is 16.1. The van der Waals surface area contributed by atoms with Crippen LogP contribution < -0.4 is 9.13 Å². The fourth-order valence-electron chi connectivity index (χ4n) is 2.25. The molecule has 0 N–H and O–H groups in total. The van der Waals surface area contributed by atoms with Gasteiger partial charge in [-0.1, -0.05) is 0 Å². The molecule has 2 heterocycles. The van der Waals surface area contributed by atoms with Gasteiger partial charge in [-0.25, -0.2) is 9.13 Å². The summed E-state index contributed by atoms with van der Waals surface area (Å²) in [4.78, 5) is 0. The van der Waals surface area contributed by atoms with E-state index < -0.39 is 0 Å². The Hall–Kier alpha value is -0.240. The molecule has 20 heavy (non-hydrogen) atoms. The lowest BCUT2D eigenvalue weighted by atomic mass is 10.1. The van der Waals surface area contributed by atoms with E-state index in [-0.39, 0.29) is 0 Å². The Balaban J connectivity index is 1.94. The van der Waals surface area contributed by atoms with Crippen LogP contribution in [0.5, 0.6) is 0 Å². The third-order valence-electron chi connectivity index (χ3n) is 3.59. The topological polar surface area (TPSA) is 7.76 Å². The summed E-state index contributed by atoms with van der Waals surface area (Å²) in [5.74, 6) is 0. The highest BCUT2D eigenvalue weighted by atomic mass is 127. The first-order valence-corrected chi connectivity index (χ1v) is 9.04. The Labute approximate surface area is 148 Å². The molecule has 0 saturated heterocycles. The third-order valence-corrected chi connectivity index (χ3v) is 4.87. The van der Waals surface area contributed by atoms with E-state index in [0.29, 0.717) is 12.1 Å². The van der Waals surface area contributed by atoms with Gasteiger partial charge in [0.1, 0.15) is 0 Å². The highest BCUT2D eigenvalue weighted by Crippen LogP contribution is 2.13. The summed E-state index contributed by atoms with van der Waals surface area (Å²) in [6.07, 6.45) is 11.1. The molecule has 4 heteroatoms. The molecule has 106 valence electrons. The molecule has 0 bridgehead atoms. The molecule has 2 aromatic heterocycles. The molecule has 0 fully saturated rings. The van der Waals surface area contributed by atoms with Gasteiger partial charge in [0.05, 0.1) is 7.14 Å².